The SMILES string of the molecule is O=C(NCCSCc1ccccc1)Nc1ccc(OC(F)(F)F)cc1. The Hall–Kier alpha value is -2.35. The second-order valence-electron chi connectivity index (χ2n) is 4.99. The third kappa shape index (κ3) is 7.84. The maximum atomic E-state index is 12.1. The number of benzene rings is 2. The van der Waals surface area contributed by atoms with E-state index >= 15 is 0 Å². The lowest BCUT2D eigenvalue weighted by Gasteiger charge is -2.10. The van der Waals surface area contributed by atoms with Crippen LogP contribution in [-0.4, -0.2) is 24.7 Å². The number of urea groups is 1. The quantitative estimate of drug-likeness (QED) is 0.698. The molecule has 0 unspecified atom stereocenters. The highest BCUT2D eigenvalue weighted by molar-refractivity contribution is 7.98. The third-order valence-corrected chi connectivity index (χ3v) is 4.02. The lowest BCUT2D eigenvalue weighted by Crippen LogP contribution is -2.30. The normalized spacial score (nSPS) is 11.0. The molecule has 0 radical (unpaired) electrons. The number of hydrogen-bond donors (Lipinski definition) is 2. The number of nitrogens with one attached hydrogen (secondary N) is 2. The van der Waals surface area contributed by atoms with Crippen molar-refractivity contribution in [1.29, 1.82) is 0 Å². The van der Waals surface area contributed by atoms with E-state index in [9.17, 15) is 18.0 Å². The molecule has 2 aromatic carbocycles. The van der Waals surface area contributed by atoms with E-state index in [2.05, 4.69) is 15.4 Å². The minimum atomic E-state index is -4.73. The zero-order valence-corrected chi connectivity index (χ0v) is 14.0. The number of ether oxygens (including phenoxy) is 1. The monoisotopic (exact) mass is 370 g/mol. The van der Waals surface area contributed by atoms with Crippen LogP contribution in [0.4, 0.5) is 23.7 Å². The highest BCUT2D eigenvalue weighted by atomic mass is 32.2. The first-order valence-corrected chi connectivity index (χ1v) is 8.60. The third-order valence-electron chi connectivity index (χ3n) is 2.99. The number of rotatable bonds is 7. The summed E-state index contributed by atoms with van der Waals surface area (Å²) >= 11 is 1.70. The van der Waals surface area contributed by atoms with Crippen LogP contribution in [0.5, 0.6) is 5.75 Å². The Morgan fingerprint density at radius 1 is 1.04 bits per heavy atom. The van der Waals surface area contributed by atoms with E-state index < -0.39 is 12.4 Å². The summed E-state index contributed by atoms with van der Waals surface area (Å²) < 4.78 is 39.9. The van der Waals surface area contributed by atoms with E-state index in [1.165, 1.54) is 17.7 Å². The van der Waals surface area contributed by atoms with E-state index in [4.69, 9.17) is 0 Å². The molecule has 2 rings (SSSR count). The van der Waals surface area contributed by atoms with Gasteiger partial charge in [0, 0.05) is 23.7 Å². The van der Waals surface area contributed by atoms with Gasteiger partial charge in [-0.3, -0.25) is 0 Å². The molecule has 0 atom stereocenters. The average molecular weight is 370 g/mol. The predicted molar refractivity (Wildman–Crippen MR) is 92.8 cm³/mol. The minimum absolute atomic E-state index is 0.337. The first-order chi connectivity index (χ1) is 11.9. The molecule has 0 aliphatic heterocycles. The lowest BCUT2D eigenvalue weighted by molar-refractivity contribution is -0.274. The van der Waals surface area contributed by atoms with Crippen molar-refractivity contribution >= 4 is 23.5 Å². The summed E-state index contributed by atoms with van der Waals surface area (Å²) in [6, 6.07) is 14.5. The van der Waals surface area contributed by atoms with Gasteiger partial charge in [0.05, 0.1) is 0 Å². The van der Waals surface area contributed by atoms with E-state index in [0.717, 1.165) is 23.6 Å². The molecule has 0 heterocycles. The number of hydrogen-bond acceptors (Lipinski definition) is 3. The zero-order valence-electron chi connectivity index (χ0n) is 13.2. The molecule has 0 bridgehead atoms. The summed E-state index contributed by atoms with van der Waals surface area (Å²) in [4.78, 5) is 11.7. The van der Waals surface area contributed by atoms with Crippen LogP contribution in [0.2, 0.25) is 0 Å². The van der Waals surface area contributed by atoms with Crippen molar-refractivity contribution < 1.29 is 22.7 Å². The van der Waals surface area contributed by atoms with Gasteiger partial charge in [-0.1, -0.05) is 30.3 Å². The molecular weight excluding hydrogens is 353 g/mol. The Morgan fingerprint density at radius 2 is 1.72 bits per heavy atom. The van der Waals surface area contributed by atoms with Gasteiger partial charge in [-0.15, -0.1) is 13.2 Å². The summed E-state index contributed by atoms with van der Waals surface area (Å²) in [5, 5.41) is 5.23. The molecule has 0 fully saturated rings. The molecule has 2 aromatic rings. The first kappa shape index (κ1) is 19.0. The van der Waals surface area contributed by atoms with Gasteiger partial charge in [0.1, 0.15) is 5.75 Å². The Labute approximate surface area is 147 Å². The highest BCUT2D eigenvalue weighted by Gasteiger charge is 2.30. The van der Waals surface area contributed by atoms with Gasteiger partial charge in [0.2, 0.25) is 0 Å². The molecule has 0 saturated carbocycles. The topological polar surface area (TPSA) is 50.4 Å². The fraction of sp³-hybridized carbons (Fsp3) is 0.235. The number of amides is 2. The summed E-state index contributed by atoms with van der Waals surface area (Å²) in [5.41, 5.74) is 1.60. The molecule has 0 aliphatic rings. The van der Waals surface area contributed by atoms with Gasteiger partial charge in [0.25, 0.3) is 0 Å². The van der Waals surface area contributed by atoms with Crippen LogP contribution >= 0.6 is 11.8 Å². The maximum absolute atomic E-state index is 12.1. The van der Waals surface area contributed by atoms with E-state index in [-0.39, 0.29) is 5.75 Å². The van der Waals surface area contributed by atoms with Crippen molar-refractivity contribution in [2.24, 2.45) is 0 Å². The van der Waals surface area contributed by atoms with Gasteiger partial charge in [-0.2, -0.15) is 11.8 Å². The van der Waals surface area contributed by atoms with Crippen molar-refractivity contribution in [3.05, 3.63) is 60.2 Å². The summed E-state index contributed by atoms with van der Waals surface area (Å²) in [5.74, 6) is 1.28. The van der Waals surface area contributed by atoms with Gasteiger partial charge >= 0.3 is 12.4 Å². The number of carbonyl (C=O) groups is 1. The standard InChI is InChI=1S/C17H17F3N2O2S/c18-17(19,20)24-15-8-6-14(7-9-15)22-16(23)21-10-11-25-12-13-4-2-1-3-5-13/h1-9H,10-12H2,(H2,21,22,23). The van der Waals surface area contributed by atoms with Crippen molar-refractivity contribution in [3.8, 4) is 5.75 Å². The molecule has 0 saturated heterocycles. The molecule has 25 heavy (non-hydrogen) atoms. The molecule has 2 amide bonds. The van der Waals surface area contributed by atoms with Gasteiger partial charge in [-0.25, -0.2) is 4.79 Å². The van der Waals surface area contributed by atoms with Crippen LogP contribution in [-0.2, 0) is 5.75 Å². The van der Waals surface area contributed by atoms with Gasteiger partial charge in [0.15, 0.2) is 0 Å². The Kier molecular flexibility index (Phi) is 7.00. The Balaban J connectivity index is 1.64. The number of carbonyl (C=O) groups excluding carboxylic acids is 1. The van der Waals surface area contributed by atoms with Crippen LogP contribution in [0.15, 0.2) is 54.6 Å². The molecule has 8 heteroatoms. The molecule has 0 aromatic heterocycles. The van der Waals surface area contributed by atoms with Crippen molar-refractivity contribution in [3.63, 3.8) is 0 Å². The van der Waals surface area contributed by atoms with E-state index in [0.29, 0.717) is 12.2 Å². The lowest BCUT2D eigenvalue weighted by atomic mass is 10.2. The summed E-state index contributed by atoms with van der Waals surface area (Å²) in [6.07, 6.45) is -4.73. The van der Waals surface area contributed by atoms with Crippen molar-refractivity contribution in [2.75, 3.05) is 17.6 Å². The number of alkyl halides is 3. The Bertz CT molecular complexity index is 664. The van der Waals surface area contributed by atoms with Crippen LogP contribution < -0.4 is 15.4 Å². The fourth-order valence-corrected chi connectivity index (χ4v) is 2.74. The second kappa shape index (κ2) is 9.22. The smallest absolute Gasteiger partial charge is 0.406 e. The molecule has 134 valence electrons. The molecule has 0 spiro atoms. The van der Waals surface area contributed by atoms with Crippen molar-refractivity contribution in [2.45, 2.75) is 12.1 Å². The van der Waals surface area contributed by atoms with E-state index in [1.54, 1.807) is 11.8 Å². The van der Waals surface area contributed by atoms with Crippen LogP contribution in [0.25, 0.3) is 0 Å². The molecule has 4 nitrogen and oxygen atoms in total. The van der Waals surface area contributed by atoms with Crippen LogP contribution in [0, 0.1) is 0 Å². The van der Waals surface area contributed by atoms with E-state index in [1.807, 2.05) is 30.3 Å². The highest BCUT2D eigenvalue weighted by Crippen LogP contribution is 2.23. The molecule has 2 N–H and O–H groups in total. The average Bonchev–Trinajstić information content (AvgIpc) is 2.56. The van der Waals surface area contributed by atoms with Crippen LogP contribution in [0.3, 0.4) is 0 Å². The minimum Gasteiger partial charge on any atom is -0.406 e. The number of anilines is 1. The fourth-order valence-electron chi connectivity index (χ4n) is 1.92. The largest absolute Gasteiger partial charge is 0.573 e. The van der Waals surface area contributed by atoms with Gasteiger partial charge in [-0.05, 0) is 29.8 Å². The second-order valence-corrected chi connectivity index (χ2v) is 6.10. The maximum Gasteiger partial charge on any atom is 0.573 e. The summed E-state index contributed by atoms with van der Waals surface area (Å²) in [7, 11) is 0. The molecular formula is C17H17F3N2O2S. The number of thioether (sulfide) groups is 1. The van der Waals surface area contributed by atoms with Gasteiger partial charge < -0.3 is 15.4 Å². The zero-order chi connectivity index (χ0) is 18.1. The predicted octanol–water partition coefficient (Wildman–Crippen LogP) is 4.64. The van der Waals surface area contributed by atoms with Crippen LogP contribution in [0.1, 0.15) is 5.56 Å². The summed E-state index contributed by atoms with van der Waals surface area (Å²) in [6.45, 7) is 0.485. The number of halogens is 3. The first-order valence-electron chi connectivity index (χ1n) is 7.45. The molecule has 0 aliphatic carbocycles. The Morgan fingerprint density at radius 3 is 2.36 bits per heavy atom. The van der Waals surface area contributed by atoms with Crippen molar-refractivity contribution in [1.82, 2.24) is 5.32 Å².